The highest BCUT2D eigenvalue weighted by molar-refractivity contribution is 7.13. The maximum atomic E-state index is 11.6. The normalized spacial score (nSPS) is 18.7. The van der Waals surface area contributed by atoms with Crippen molar-refractivity contribution in [3.05, 3.63) is 21.3 Å². The molecule has 1 amide bonds. The summed E-state index contributed by atoms with van der Waals surface area (Å²) < 4.78 is 0. The first-order chi connectivity index (χ1) is 11.0. The number of aromatic nitrogens is 1. The van der Waals surface area contributed by atoms with Crippen LogP contribution in [0.3, 0.4) is 0 Å². The molecule has 0 saturated carbocycles. The summed E-state index contributed by atoms with van der Waals surface area (Å²) in [7, 11) is 0. The molecule has 0 unspecified atom stereocenters. The number of carbonyl (C=O) groups excluding carboxylic acids is 1. The molecule has 0 aromatic carbocycles. The van der Waals surface area contributed by atoms with Gasteiger partial charge in [-0.05, 0) is 26.7 Å². The van der Waals surface area contributed by atoms with E-state index in [4.69, 9.17) is 5.41 Å². The van der Waals surface area contributed by atoms with E-state index in [1.54, 1.807) is 0 Å². The topological polar surface area (TPSA) is 80.5 Å². The molecule has 6 nitrogen and oxygen atoms in total. The van der Waals surface area contributed by atoms with Crippen molar-refractivity contribution in [1.29, 1.82) is 5.41 Å². The molecule has 7 heteroatoms. The lowest BCUT2D eigenvalue weighted by Crippen LogP contribution is -2.32. The largest absolute Gasteiger partial charge is 0.510 e. The zero-order valence-electron chi connectivity index (χ0n) is 13.6. The number of nitrogens with one attached hydrogen (secondary N) is 1. The van der Waals surface area contributed by atoms with Gasteiger partial charge in [0.15, 0.2) is 0 Å². The number of hydrogen-bond donors (Lipinski definition) is 2. The summed E-state index contributed by atoms with van der Waals surface area (Å²) in [6, 6.07) is 0. The number of carbonyl (C=O) groups is 1. The zero-order chi connectivity index (χ0) is 16.6. The molecule has 1 fully saturated rings. The lowest BCUT2D eigenvalue weighted by atomic mass is 10.2. The van der Waals surface area contributed by atoms with E-state index in [2.05, 4.69) is 4.98 Å². The van der Waals surface area contributed by atoms with E-state index in [9.17, 15) is 9.90 Å². The number of likely N-dealkylation sites (tertiary alicyclic amines) is 1. The van der Waals surface area contributed by atoms with E-state index in [-0.39, 0.29) is 11.7 Å². The average Bonchev–Trinajstić information content (AvgIpc) is 3.12. The average molecular weight is 334 g/mol. The lowest BCUT2D eigenvalue weighted by molar-refractivity contribution is -0.127. The summed E-state index contributed by atoms with van der Waals surface area (Å²) in [6.45, 7) is 6.55. The predicted molar refractivity (Wildman–Crippen MR) is 90.9 cm³/mol. The number of nitrogens with zero attached hydrogens (tertiary/aromatic N) is 3. The van der Waals surface area contributed by atoms with Crippen molar-refractivity contribution >= 4 is 28.7 Å². The van der Waals surface area contributed by atoms with Crippen molar-refractivity contribution in [2.24, 2.45) is 0 Å². The van der Waals surface area contributed by atoms with Crippen molar-refractivity contribution in [1.82, 2.24) is 14.8 Å². The van der Waals surface area contributed by atoms with Gasteiger partial charge in [0.25, 0.3) is 0 Å². The summed E-state index contributed by atoms with van der Waals surface area (Å²) in [4.78, 5) is 20.9. The lowest BCUT2D eigenvalue weighted by Gasteiger charge is -2.21. The summed E-state index contributed by atoms with van der Waals surface area (Å²) in [5.74, 6) is 0.793. The van der Waals surface area contributed by atoms with Crippen LogP contribution in [-0.2, 0) is 4.79 Å². The van der Waals surface area contributed by atoms with E-state index < -0.39 is 0 Å². The van der Waals surface area contributed by atoms with Gasteiger partial charge in [-0.3, -0.25) is 10.2 Å². The van der Waals surface area contributed by atoms with E-state index in [1.807, 2.05) is 23.6 Å². The minimum Gasteiger partial charge on any atom is -0.510 e. The Labute approximate surface area is 139 Å². The third-order valence-electron chi connectivity index (χ3n) is 4.45. The summed E-state index contributed by atoms with van der Waals surface area (Å²) in [5.41, 5.74) is 1.51. The summed E-state index contributed by atoms with van der Waals surface area (Å²) >= 11 is 1.52. The third-order valence-corrected chi connectivity index (χ3v) is 5.54. The quantitative estimate of drug-likeness (QED) is 0.866. The van der Waals surface area contributed by atoms with Crippen molar-refractivity contribution in [2.45, 2.75) is 33.1 Å². The van der Waals surface area contributed by atoms with Gasteiger partial charge in [-0.2, -0.15) is 0 Å². The van der Waals surface area contributed by atoms with Gasteiger partial charge < -0.3 is 14.9 Å². The van der Waals surface area contributed by atoms with Gasteiger partial charge in [-0.15, -0.1) is 11.3 Å². The maximum Gasteiger partial charge on any atom is 0.222 e. The maximum absolute atomic E-state index is 11.6. The van der Waals surface area contributed by atoms with Crippen molar-refractivity contribution < 1.29 is 9.90 Å². The molecule has 124 valence electrons. The zero-order valence-corrected chi connectivity index (χ0v) is 14.4. The molecule has 0 radical (unpaired) electrons. The molecule has 0 bridgehead atoms. The van der Waals surface area contributed by atoms with Gasteiger partial charge >= 0.3 is 0 Å². The molecule has 2 N–H and O–H groups in total. The molecular weight excluding hydrogens is 312 g/mol. The molecule has 2 aliphatic heterocycles. The molecule has 2 aliphatic rings. The van der Waals surface area contributed by atoms with Gasteiger partial charge in [-0.1, -0.05) is 0 Å². The predicted octanol–water partition coefficient (Wildman–Crippen LogP) is 2.33. The first kappa shape index (κ1) is 16.0. The molecule has 1 aromatic rings. The standard InChI is InChI=1S/C16H22N4O2S/c1-10-11(2)23-16(18-10)14-12(21)9-20(15(14)17)8-4-7-19-6-3-5-13(19)22/h17,21H,3-9H2,1-2H3. The van der Waals surface area contributed by atoms with Crippen LogP contribution in [0.25, 0.3) is 5.57 Å². The van der Waals surface area contributed by atoms with Crippen LogP contribution in [0.1, 0.15) is 34.8 Å². The van der Waals surface area contributed by atoms with E-state index in [0.717, 1.165) is 41.5 Å². The summed E-state index contributed by atoms with van der Waals surface area (Å²) in [6.07, 6.45) is 2.42. The molecule has 0 aliphatic carbocycles. The highest BCUT2D eigenvalue weighted by atomic mass is 32.1. The fourth-order valence-corrected chi connectivity index (χ4v) is 4.00. The first-order valence-corrected chi connectivity index (χ1v) is 8.77. The number of amides is 1. The molecule has 23 heavy (non-hydrogen) atoms. The Morgan fingerprint density at radius 3 is 2.65 bits per heavy atom. The van der Waals surface area contributed by atoms with Gasteiger partial charge in [0.05, 0.1) is 17.8 Å². The number of hydrogen-bond acceptors (Lipinski definition) is 5. The second-order valence-electron chi connectivity index (χ2n) is 6.09. The number of aryl methyl sites for hydroxylation is 2. The van der Waals surface area contributed by atoms with Crippen LogP contribution in [0.4, 0.5) is 0 Å². The molecule has 0 atom stereocenters. The molecule has 3 heterocycles. The van der Waals surface area contributed by atoms with Crippen molar-refractivity contribution in [3.63, 3.8) is 0 Å². The van der Waals surface area contributed by atoms with E-state index >= 15 is 0 Å². The molecule has 3 rings (SSSR count). The van der Waals surface area contributed by atoms with Crippen LogP contribution in [0.5, 0.6) is 0 Å². The third kappa shape index (κ3) is 3.10. The number of rotatable bonds is 5. The van der Waals surface area contributed by atoms with Crippen molar-refractivity contribution in [3.8, 4) is 0 Å². The SMILES string of the molecule is Cc1nc(C2=C(O)CN(CCCN3CCCC3=O)C2=N)sc1C. The van der Waals surface area contributed by atoms with Crippen LogP contribution >= 0.6 is 11.3 Å². The number of aliphatic hydroxyl groups is 1. The van der Waals surface area contributed by atoms with Crippen LogP contribution in [0, 0.1) is 19.3 Å². The Bertz CT molecular complexity index is 660. The van der Waals surface area contributed by atoms with E-state index in [0.29, 0.717) is 30.9 Å². The van der Waals surface area contributed by atoms with E-state index in [1.165, 1.54) is 11.3 Å². The Balaban J connectivity index is 1.60. The molecule has 0 spiro atoms. The van der Waals surface area contributed by atoms with Gasteiger partial charge in [0, 0.05) is 30.9 Å². The van der Waals surface area contributed by atoms with Gasteiger partial charge in [-0.25, -0.2) is 4.98 Å². The van der Waals surface area contributed by atoms with Crippen LogP contribution in [-0.4, -0.2) is 57.8 Å². The van der Waals surface area contributed by atoms with Crippen LogP contribution < -0.4 is 0 Å². The number of aliphatic hydroxyl groups excluding tert-OH is 1. The fourth-order valence-electron chi connectivity index (χ4n) is 3.02. The van der Waals surface area contributed by atoms with Gasteiger partial charge in [0.1, 0.15) is 16.6 Å². The van der Waals surface area contributed by atoms with Gasteiger partial charge in [0.2, 0.25) is 5.91 Å². The second-order valence-corrected chi connectivity index (χ2v) is 7.29. The Morgan fingerprint density at radius 2 is 2.04 bits per heavy atom. The Hall–Kier alpha value is -1.89. The Kier molecular flexibility index (Phi) is 4.39. The molecule has 1 saturated heterocycles. The number of thiazole rings is 1. The number of amidine groups is 1. The summed E-state index contributed by atoms with van der Waals surface area (Å²) in [5, 5.41) is 19.3. The smallest absolute Gasteiger partial charge is 0.222 e. The highest BCUT2D eigenvalue weighted by Gasteiger charge is 2.30. The Morgan fingerprint density at radius 1 is 1.30 bits per heavy atom. The monoisotopic (exact) mass is 334 g/mol. The van der Waals surface area contributed by atoms with Crippen LogP contribution in [0.15, 0.2) is 5.76 Å². The second kappa shape index (κ2) is 6.31. The minimum atomic E-state index is 0.223. The highest BCUT2D eigenvalue weighted by Crippen LogP contribution is 2.31. The fraction of sp³-hybridized carbons (Fsp3) is 0.562. The molecule has 1 aromatic heterocycles. The van der Waals surface area contributed by atoms with Crippen LogP contribution in [0.2, 0.25) is 0 Å². The van der Waals surface area contributed by atoms with Crippen molar-refractivity contribution in [2.75, 3.05) is 26.2 Å². The minimum absolute atomic E-state index is 0.223. The molecular formula is C16H22N4O2S. The first-order valence-electron chi connectivity index (χ1n) is 7.95.